The van der Waals surface area contributed by atoms with Crippen molar-refractivity contribution in [3.63, 3.8) is 0 Å². The number of hydrogen-bond donors (Lipinski definition) is 2. The number of amides is 2. The zero-order valence-electron chi connectivity index (χ0n) is 12.0. The van der Waals surface area contributed by atoms with Crippen LogP contribution >= 0.6 is 0 Å². The molecule has 6 nitrogen and oxygen atoms in total. The number of nitrogens with one attached hydrogen (secondary N) is 1. The molecule has 0 saturated carbocycles. The molecule has 0 unspecified atom stereocenters. The van der Waals surface area contributed by atoms with E-state index in [4.69, 9.17) is 4.74 Å². The fourth-order valence-corrected chi connectivity index (χ4v) is 2.34. The summed E-state index contributed by atoms with van der Waals surface area (Å²) in [7, 11) is 1.65. The minimum Gasteiger partial charge on any atom is -0.480 e. The summed E-state index contributed by atoms with van der Waals surface area (Å²) in [6.45, 7) is 1.11. The van der Waals surface area contributed by atoms with E-state index in [1.165, 1.54) is 4.90 Å². The minimum atomic E-state index is -1.22. The van der Waals surface area contributed by atoms with Gasteiger partial charge in [-0.2, -0.15) is 0 Å². The molecule has 0 bridgehead atoms. The number of carbonyl (C=O) groups is 2. The quantitative estimate of drug-likeness (QED) is 0.880. The van der Waals surface area contributed by atoms with Gasteiger partial charge in [0, 0.05) is 39.6 Å². The summed E-state index contributed by atoms with van der Waals surface area (Å²) in [4.78, 5) is 25.2. The molecule has 21 heavy (non-hydrogen) atoms. The standard InChI is InChI=1S/C15H20N2O4/c1-17(11-12-5-3-2-4-6-12)14(20)16-15(13(18)19)7-9-21-10-8-15/h2-6H,7-11H2,1H3,(H,16,20)(H,18,19). The fraction of sp³-hybridized carbons (Fsp3) is 0.467. The van der Waals surface area contributed by atoms with Gasteiger partial charge < -0.3 is 20.1 Å². The molecule has 1 aromatic carbocycles. The first-order chi connectivity index (χ1) is 10.0. The van der Waals surface area contributed by atoms with Gasteiger partial charge >= 0.3 is 12.0 Å². The van der Waals surface area contributed by atoms with Gasteiger partial charge in [0.2, 0.25) is 0 Å². The molecule has 114 valence electrons. The van der Waals surface area contributed by atoms with Crippen molar-refractivity contribution in [2.45, 2.75) is 24.9 Å². The molecule has 0 atom stereocenters. The molecule has 1 saturated heterocycles. The Hall–Kier alpha value is -2.08. The Kier molecular flexibility index (Phi) is 4.80. The Morgan fingerprint density at radius 3 is 2.48 bits per heavy atom. The molecular weight excluding hydrogens is 272 g/mol. The monoisotopic (exact) mass is 292 g/mol. The number of carboxylic acid groups (broad SMARTS) is 1. The normalized spacial score (nSPS) is 17.0. The van der Waals surface area contributed by atoms with Crippen LogP contribution in [-0.2, 0) is 16.1 Å². The van der Waals surface area contributed by atoms with Gasteiger partial charge in [-0.3, -0.25) is 0 Å². The summed E-state index contributed by atoms with van der Waals surface area (Å²) in [5, 5.41) is 12.1. The van der Waals surface area contributed by atoms with E-state index in [2.05, 4.69) is 5.32 Å². The lowest BCUT2D eigenvalue weighted by Crippen LogP contribution is -2.59. The number of nitrogens with zero attached hydrogens (tertiary/aromatic N) is 1. The number of benzene rings is 1. The largest absolute Gasteiger partial charge is 0.480 e. The minimum absolute atomic E-state index is 0.285. The first-order valence-electron chi connectivity index (χ1n) is 6.92. The summed E-state index contributed by atoms with van der Waals surface area (Å²) < 4.78 is 5.18. The molecule has 0 spiro atoms. The third kappa shape index (κ3) is 3.72. The van der Waals surface area contributed by atoms with Crippen LogP contribution in [-0.4, -0.2) is 47.8 Å². The number of carboxylic acids is 1. The second kappa shape index (κ2) is 6.58. The number of rotatable bonds is 4. The maximum Gasteiger partial charge on any atom is 0.329 e. The maximum absolute atomic E-state index is 12.2. The van der Waals surface area contributed by atoms with Crippen LogP contribution in [0.4, 0.5) is 4.79 Å². The highest BCUT2D eigenvalue weighted by Gasteiger charge is 2.42. The van der Waals surface area contributed by atoms with E-state index in [0.717, 1.165) is 5.56 Å². The summed E-state index contributed by atoms with van der Waals surface area (Å²) in [6, 6.07) is 9.17. The van der Waals surface area contributed by atoms with Crippen LogP contribution in [0.15, 0.2) is 30.3 Å². The molecule has 1 aliphatic heterocycles. The maximum atomic E-state index is 12.2. The van der Waals surface area contributed by atoms with Crippen LogP contribution in [0.25, 0.3) is 0 Å². The number of aliphatic carboxylic acids is 1. The highest BCUT2D eigenvalue weighted by molar-refractivity contribution is 5.86. The van der Waals surface area contributed by atoms with Crippen LogP contribution in [0, 0.1) is 0 Å². The van der Waals surface area contributed by atoms with Gasteiger partial charge in [0.25, 0.3) is 0 Å². The molecule has 0 radical (unpaired) electrons. The predicted octanol–water partition coefficient (Wildman–Crippen LogP) is 1.46. The summed E-state index contributed by atoms with van der Waals surface area (Å²) >= 11 is 0. The van der Waals surface area contributed by atoms with Crippen molar-refractivity contribution in [1.82, 2.24) is 10.2 Å². The van der Waals surface area contributed by atoms with Crippen molar-refractivity contribution in [3.8, 4) is 0 Å². The lowest BCUT2D eigenvalue weighted by Gasteiger charge is -2.35. The SMILES string of the molecule is CN(Cc1ccccc1)C(=O)NC1(C(=O)O)CCOCC1. The Morgan fingerprint density at radius 1 is 1.29 bits per heavy atom. The van der Waals surface area contributed by atoms with Crippen LogP contribution in [0.3, 0.4) is 0 Å². The lowest BCUT2D eigenvalue weighted by atomic mass is 9.90. The third-order valence-corrected chi connectivity index (χ3v) is 3.71. The molecule has 1 heterocycles. The van der Waals surface area contributed by atoms with Crippen LogP contribution in [0.5, 0.6) is 0 Å². The zero-order chi connectivity index (χ0) is 15.3. The van der Waals surface area contributed by atoms with Crippen molar-refractivity contribution in [2.24, 2.45) is 0 Å². The van der Waals surface area contributed by atoms with Gasteiger partial charge in [0.15, 0.2) is 0 Å². The predicted molar refractivity (Wildman–Crippen MR) is 76.9 cm³/mol. The van der Waals surface area contributed by atoms with Gasteiger partial charge in [-0.25, -0.2) is 9.59 Å². The Labute approximate surface area is 123 Å². The van der Waals surface area contributed by atoms with E-state index in [1.807, 2.05) is 30.3 Å². The number of urea groups is 1. The first-order valence-corrected chi connectivity index (χ1v) is 6.92. The molecular formula is C15H20N2O4. The van der Waals surface area contributed by atoms with Gasteiger partial charge in [0.05, 0.1) is 0 Å². The zero-order valence-corrected chi connectivity index (χ0v) is 12.0. The average Bonchev–Trinajstić information content (AvgIpc) is 2.49. The van der Waals surface area contributed by atoms with Gasteiger partial charge in [-0.05, 0) is 5.56 Å². The number of hydrogen-bond acceptors (Lipinski definition) is 3. The Bertz CT molecular complexity index is 498. The van der Waals surface area contributed by atoms with E-state index < -0.39 is 11.5 Å². The third-order valence-electron chi connectivity index (χ3n) is 3.71. The first kappa shape index (κ1) is 15.3. The van der Waals surface area contributed by atoms with E-state index in [9.17, 15) is 14.7 Å². The smallest absolute Gasteiger partial charge is 0.329 e. The van der Waals surface area contributed by atoms with E-state index >= 15 is 0 Å². The summed E-state index contributed by atoms with van der Waals surface area (Å²) in [5.74, 6) is -1.01. The number of carbonyl (C=O) groups excluding carboxylic acids is 1. The molecule has 1 aliphatic rings. The number of ether oxygens (including phenoxy) is 1. The molecule has 0 aliphatic carbocycles. The van der Waals surface area contributed by atoms with Crippen molar-refractivity contribution < 1.29 is 19.4 Å². The average molecular weight is 292 g/mol. The highest BCUT2D eigenvalue weighted by atomic mass is 16.5. The molecule has 2 amide bonds. The lowest BCUT2D eigenvalue weighted by molar-refractivity contribution is -0.148. The second-order valence-corrected chi connectivity index (χ2v) is 5.27. The molecule has 2 N–H and O–H groups in total. The van der Waals surface area contributed by atoms with Crippen molar-refractivity contribution in [2.75, 3.05) is 20.3 Å². The summed E-state index contributed by atoms with van der Waals surface area (Å²) in [6.07, 6.45) is 0.570. The molecule has 0 aromatic heterocycles. The van der Waals surface area contributed by atoms with E-state index in [1.54, 1.807) is 7.05 Å². The molecule has 1 fully saturated rings. The van der Waals surface area contributed by atoms with Gasteiger partial charge in [-0.1, -0.05) is 30.3 Å². The van der Waals surface area contributed by atoms with Crippen LogP contribution in [0.1, 0.15) is 18.4 Å². The fourth-order valence-electron chi connectivity index (χ4n) is 2.34. The van der Waals surface area contributed by atoms with Crippen molar-refractivity contribution >= 4 is 12.0 Å². The molecule has 6 heteroatoms. The summed E-state index contributed by atoms with van der Waals surface area (Å²) in [5.41, 5.74) is -0.230. The highest BCUT2D eigenvalue weighted by Crippen LogP contribution is 2.21. The second-order valence-electron chi connectivity index (χ2n) is 5.27. The van der Waals surface area contributed by atoms with E-state index in [0.29, 0.717) is 19.8 Å². The topological polar surface area (TPSA) is 78.9 Å². The molecule has 1 aromatic rings. The Balaban J connectivity index is 2.00. The van der Waals surface area contributed by atoms with Crippen molar-refractivity contribution in [3.05, 3.63) is 35.9 Å². The molecule has 2 rings (SSSR count). The van der Waals surface area contributed by atoms with Crippen LogP contribution in [0.2, 0.25) is 0 Å². The van der Waals surface area contributed by atoms with Crippen molar-refractivity contribution in [1.29, 1.82) is 0 Å². The Morgan fingerprint density at radius 2 is 1.90 bits per heavy atom. The van der Waals surface area contributed by atoms with Gasteiger partial charge in [-0.15, -0.1) is 0 Å². The van der Waals surface area contributed by atoms with E-state index in [-0.39, 0.29) is 18.9 Å². The van der Waals surface area contributed by atoms with Crippen LogP contribution < -0.4 is 5.32 Å². The van der Waals surface area contributed by atoms with Gasteiger partial charge in [0.1, 0.15) is 5.54 Å².